The van der Waals surface area contributed by atoms with Gasteiger partial charge in [-0.05, 0) is 42.3 Å². The predicted octanol–water partition coefficient (Wildman–Crippen LogP) is 5.01. The van der Waals surface area contributed by atoms with Gasteiger partial charge >= 0.3 is 6.09 Å². The molecule has 0 bridgehead atoms. The number of carbonyl (C=O) groups is 2. The van der Waals surface area contributed by atoms with Gasteiger partial charge in [-0.25, -0.2) is 4.79 Å². The number of para-hydroxylation sites is 1. The quantitative estimate of drug-likeness (QED) is 0.511. The van der Waals surface area contributed by atoms with E-state index in [1.54, 1.807) is 17.0 Å². The summed E-state index contributed by atoms with van der Waals surface area (Å²) < 4.78 is 17.1. The lowest BCUT2D eigenvalue weighted by Crippen LogP contribution is -2.41. The van der Waals surface area contributed by atoms with Gasteiger partial charge in [-0.3, -0.25) is 10.1 Å². The maximum Gasteiger partial charge on any atom is 0.411 e. The smallest absolute Gasteiger partial charge is 0.411 e. The lowest BCUT2D eigenvalue weighted by molar-refractivity contribution is -0.138. The van der Waals surface area contributed by atoms with Crippen LogP contribution < -0.4 is 14.8 Å². The number of nitrogens with zero attached hydrogens (tertiary/aromatic N) is 1. The fraction of sp³-hybridized carbons (Fsp3) is 0.259. The van der Waals surface area contributed by atoms with Crippen LogP contribution in [0.1, 0.15) is 24.5 Å². The van der Waals surface area contributed by atoms with Crippen LogP contribution in [0, 0.1) is 0 Å². The van der Waals surface area contributed by atoms with Crippen molar-refractivity contribution in [2.45, 2.75) is 32.6 Å². The van der Waals surface area contributed by atoms with Gasteiger partial charge in [0.05, 0.1) is 6.54 Å². The van der Waals surface area contributed by atoms with Gasteiger partial charge in [-0.1, -0.05) is 55.5 Å². The molecular weight excluding hydrogens is 432 g/mol. The third kappa shape index (κ3) is 6.07. The topological polar surface area (TPSA) is 77.1 Å². The molecule has 7 heteroatoms. The van der Waals surface area contributed by atoms with Gasteiger partial charge in [-0.15, -0.1) is 0 Å². The minimum absolute atomic E-state index is 0.0767. The molecule has 0 spiro atoms. The van der Waals surface area contributed by atoms with E-state index in [4.69, 9.17) is 14.2 Å². The number of ether oxygens (including phenoxy) is 3. The van der Waals surface area contributed by atoms with Crippen molar-refractivity contribution >= 4 is 17.7 Å². The van der Waals surface area contributed by atoms with Crippen LogP contribution >= 0.6 is 0 Å². The van der Waals surface area contributed by atoms with Crippen molar-refractivity contribution in [3.05, 3.63) is 90.0 Å². The van der Waals surface area contributed by atoms with Crippen LogP contribution in [0.4, 0.5) is 10.5 Å². The number of hydrogen-bond donors (Lipinski definition) is 1. The predicted molar refractivity (Wildman–Crippen MR) is 129 cm³/mol. The molecule has 0 saturated carbocycles. The first-order valence-corrected chi connectivity index (χ1v) is 11.4. The summed E-state index contributed by atoms with van der Waals surface area (Å²) in [7, 11) is 0. The zero-order valence-electron chi connectivity index (χ0n) is 19.1. The van der Waals surface area contributed by atoms with E-state index in [2.05, 4.69) is 5.32 Å². The van der Waals surface area contributed by atoms with Gasteiger partial charge in [0.15, 0.2) is 6.10 Å². The summed E-state index contributed by atoms with van der Waals surface area (Å²) in [6.45, 7) is 3.25. The molecule has 1 N–H and O–H groups in total. The maximum absolute atomic E-state index is 13.0. The van der Waals surface area contributed by atoms with E-state index in [1.807, 2.05) is 73.7 Å². The fourth-order valence-corrected chi connectivity index (χ4v) is 3.70. The Morgan fingerprint density at radius 3 is 2.53 bits per heavy atom. The molecule has 0 saturated heterocycles. The molecule has 3 aromatic carbocycles. The summed E-state index contributed by atoms with van der Waals surface area (Å²) in [4.78, 5) is 27.0. The summed E-state index contributed by atoms with van der Waals surface area (Å²) in [6, 6.07) is 24.3. The van der Waals surface area contributed by atoms with Gasteiger partial charge in [0, 0.05) is 17.8 Å². The highest BCUT2D eigenvalue weighted by Gasteiger charge is 2.30. The lowest BCUT2D eigenvalue weighted by Gasteiger charge is -2.23. The van der Waals surface area contributed by atoms with E-state index < -0.39 is 12.2 Å². The van der Waals surface area contributed by atoms with Crippen LogP contribution in [0.15, 0.2) is 78.9 Å². The normalized spacial score (nSPS) is 15.0. The number of nitrogens with one attached hydrogen (secondary N) is 1. The first-order chi connectivity index (χ1) is 16.6. The lowest BCUT2D eigenvalue weighted by atomic mass is 10.1. The molecule has 1 atom stereocenters. The molecule has 3 aromatic rings. The summed E-state index contributed by atoms with van der Waals surface area (Å²) in [5.74, 6) is 1.32. The molecule has 1 heterocycles. The Morgan fingerprint density at radius 2 is 1.79 bits per heavy atom. The summed E-state index contributed by atoms with van der Waals surface area (Å²) in [5.41, 5.74) is 2.29. The molecule has 1 aliphatic rings. The number of amides is 2. The molecule has 0 aromatic heterocycles. The van der Waals surface area contributed by atoms with E-state index >= 15 is 0 Å². The van der Waals surface area contributed by atoms with Crippen LogP contribution in [-0.4, -0.2) is 36.2 Å². The molecule has 2 amide bonds. The zero-order valence-corrected chi connectivity index (χ0v) is 19.1. The van der Waals surface area contributed by atoms with E-state index in [1.165, 1.54) is 0 Å². The Morgan fingerprint density at radius 1 is 1.06 bits per heavy atom. The average Bonchev–Trinajstić information content (AvgIpc) is 3.00. The molecule has 4 rings (SSSR count). The Labute approximate surface area is 199 Å². The van der Waals surface area contributed by atoms with E-state index in [-0.39, 0.29) is 12.5 Å². The van der Waals surface area contributed by atoms with Crippen molar-refractivity contribution in [2.75, 3.05) is 18.5 Å². The number of fused-ring (bicyclic) bond motifs is 1. The second-order valence-electron chi connectivity index (χ2n) is 7.95. The van der Waals surface area contributed by atoms with E-state index in [9.17, 15) is 9.59 Å². The number of benzene rings is 3. The SMILES string of the molecule is CCC1Oc2ccc(NC(=O)OCc3ccccc3)cc2CN(CCOc2ccccc2)C1=O. The van der Waals surface area contributed by atoms with Crippen molar-refractivity contribution in [1.82, 2.24) is 4.90 Å². The highest BCUT2D eigenvalue weighted by atomic mass is 16.5. The largest absolute Gasteiger partial charge is 0.492 e. The minimum atomic E-state index is -0.562. The van der Waals surface area contributed by atoms with Crippen LogP contribution in [0.3, 0.4) is 0 Å². The molecule has 176 valence electrons. The van der Waals surface area contributed by atoms with E-state index in [0.717, 1.165) is 16.9 Å². The molecular formula is C27H28N2O5. The van der Waals surface area contributed by atoms with E-state index in [0.29, 0.717) is 37.6 Å². The summed E-state index contributed by atoms with van der Waals surface area (Å²) in [6.07, 6.45) is -0.554. The number of hydrogen-bond acceptors (Lipinski definition) is 5. The van der Waals surface area contributed by atoms with Crippen molar-refractivity contribution in [3.8, 4) is 11.5 Å². The summed E-state index contributed by atoms with van der Waals surface area (Å²) >= 11 is 0. The van der Waals surface area contributed by atoms with Crippen molar-refractivity contribution in [3.63, 3.8) is 0 Å². The first kappa shape index (κ1) is 23.2. The monoisotopic (exact) mass is 460 g/mol. The molecule has 0 aliphatic carbocycles. The highest BCUT2D eigenvalue weighted by molar-refractivity contribution is 5.85. The second kappa shape index (κ2) is 11.2. The minimum Gasteiger partial charge on any atom is -0.492 e. The number of rotatable bonds is 8. The Bertz CT molecular complexity index is 1100. The second-order valence-corrected chi connectivity index (χ2v) is 7.95. The first-order valence-electron chi connectivity index (χ1n) is 11.4. The molecule has 0 radical (unpaired) electrons. The fourth-order valence-electron chi connectivity index (χ4n) is 3.70. The zero-order chi connectivity index (χ0) is 23.8. The maximum atomic E-state index is 13.0. The highest BCUT2D eigenvalue weighted by Crippen LogP contribution is 2.29. The molecule has 1 unspecified atom stereocenters. The van der Waals surface area contributed by atoms with Crippen molar-refractivity contribution in [1.29, 1.82) is 0 Å². The third-order valence-electron chi connectivity index (χ3n) is 5.48. The summed E-state index contributed by atoms with van der Waals surface area (Å²) in [5, 5.41) is 2.75. The third-order valence-corrected chi connectivity index (χ3v) is 5.48. The van der Waals surface area contributed by atoms with Crippen molar-refractivity contribution < 1.29 is 23.8 Å². The van der Waals surface area contributed by atoms with Gasteiger partial charge in [0.2, 0.25) is 0 Å². The Balaban J connectivity index is 1.41. The number of carbonyl (C=O) groups excluding carboxylic acids is 2. The van der Waals surface area contributed by atoms with Gasteiger partial charge < -0.3 is 19.1 Å². The van der Waals surface area contributed by atoms with Gasteiger partial charge in [-0.2, -0.15) is 0 Å². The Hall–Kier alpha value is -4.00. The standard InChI is InChI=1S/C27H28N2O5/c1-2-24-26(30)29(15-16-32-23-11-7-4-8-12-23)18-21-17-22(13-14-25(21)34-24)28-27(31)33-19-20-9-5-3-6-10-20/h3-14,17,24H,2,15-16,18-19H2,1H3,(H,28,31). The van der Waals surface area contributed by atoms with Crippen LogP contribution in [0.2, 0.25) is 0 Å². The van der Waals surface area contributed by atoms with Gasteiger partial charge in [0.1, 0.15) is 24.7 Å². The Kier molecular flexibility index (Phi) is 7.65. The molecule has 0 fully saturated rings. The van der Waals surface area contributed by atoms with Crippen LogP contribution in [0.25, 0.3) is 0 Å². The van der Waals surface area contributed by atoms with Gasteiger partial charge in [0.25, 0.3) is 5.91 Å². The average molecular weight is 461 g/mol. The number of anilines is 1. The van der Waals surface area contributed by atoms with Crippen LogP contribution in [0.5, 0.6) is 11.5 Å². The molecule has 7 nitrogen and oxygen atoms in total. The molecule has 1 aliphatic heterocycles. The molecule has 34 heavy (non-hydrogen) atoms. The van der Waals surface area contributed by atoms with Crippen molar-refractivity contribution in [2.24, 2.45) is 0 Å². The van der Waals surface area contributed by atoms with Crippen LogP contribution in [-0.2, 0) is 22.7 Å².